The molecule has 18 heavy (non-hydrogen) atoms. The van der Waals surface area contributed by atoms with E-state index in [-0.39, 0.29) is 6.04 Å². The van der Waals surface area contributed by atoms with Crippen molar-refractivity contribution in [2.45, 2.75) is 26.4 Å². The zero-order chi connectivity index (χ0) is 13.1. The average molecular weight is 262 g/mol. The Morgan fingerprint density at radius 1 is 1.39 bits per heavy atom. The number of rotatable bonds is 4. The average Bonchev–Trinajstić information content (AvgIpc) is 2.75. The van der Waals surface area contributed by atoms with Crippen molar-refractivity contribution in [1.29, 1.82) is 0 Å². The first-order valence-corrected chi connectivity index (χ1v) is 6.77. The second kappa shape index (κ2) is 5.46. The molecule has 5 heteroatoms. The Labute approximate surface area is 111 Å². The number of aryl methyl sites for hydroxylation is 1. The highest BCUT2D eigenvalue weighted by molar-refractivity contribution is 7.09. The third kappa shape index (κ3) is 2.86. The van der Waals surface area contributed by atoms with Gasteiger partial charge in [-0.3, -0.25) is 4.98 Å². The summed E-state index contributed by atoms with van der Waals surface area (Å²) in [6, 6.07) is 4.02. The maximum atomic E-state index is 5.79. The van der Waals surface area contributed by atoms with Crippen molar-refractivity contribution in [2.75, 3.05) is 11.9 Å². The van der Waals surface area contributed by atoms with Crippen LogP contribution in [0.15, 0.2) is 23.8 Å². The highest BCUT2D eigenvalue weighted by atomic mass is 32.1. The van der Waals surface area contributed by atoms with Crippen LogP contribution in [0.3, 0.4) is 0 Å². The van der Waals surface area contributed by atoms with E-state index in [0.29, 0.717) is 0 Å². The molecule has 4 nitrogen and oxygen atoms in total. The van der Waals surface area contributed by atoms with Gasteiger partial charge in [0.15, 0.2) is 0 Å². The molecular formula is C13H18N4S. The Kier molecular flexibility index (Phi) is 3.93. The van der Waals surface area contributed by atoms with Gasteiger partial charge in [-0.05, 0) is 26.0 Å². The van der Waals surface area contributed by atoms with Crippen LogP contribution >= 0.6 is 11.3 Å². The maximum Gasteiger partial charge on any atom is 0.0798 e. The van der Waals surface area contributed by atoms with E-state index in [4.69, 9.17) is 5.73 Å². The van der Waals surface area contributed by atoms with Crippen molar-refractivity contribution >= 4 is 17.0 Å². The summed E-state index contributed by atoms with van der Waals surface area (Å²) in [6.07, 6.45) is 1.87. The van der Waals surface area contributed by atoms with Gasteiger partial charge in [0, 0.05) is 18.0 Å². The van der Waals surface area contributed by atoms with Crippen molar-refractivity contribution in [3.8, 4) is 0 Å². The van der Waals surface area contributed by atoms with Gasteiger partial charge in [-0.15, -0.1) is 11.3 Å². The van der Waals surface area contributed by atoms with E-state index in [1.165, 1.54) is 4.88 Å². The fourth-order valence-corrected chi connectivity index (χ4v) is 2.51. The number of hydrogen-bond donors (Lipinski definition) is 1. The zero-order valence-electron chi connectivity index (χ0n) is 10.9. The molecule has 96 valence electrons. The van der Waals surface area contributed by atoms with Crippen LogP contribution in [0.2, 0.25) is 0 Å². The molecule has 0 spiro atoms. The molecule has 0 aromatic carbocycles. The van der Waals surface area contributed by atoms with E-state index in [2.05, 4.69) is 28.0 Å². The third-order valence-corrected chi connectivity index (χ3v) is 3.82. The van der Waals surface area contributed by atoms with Gasteiger partial charge in [-0.1, -0.05) is 0 Å². The molecule has 0 aliphatic carbocycles. The van der Waals surface area contributed by atoms with E-state index >= 15 is 0 Å². The predicted molar refractivity (Wildman–Crippen MR) is 75.8 cm³/mol. The molecule has 0 saturated heterocycles. The van der Waals surface area contributed by atoms with Crippen LogP contribution in [-0.2, 0) is 6.54 Å². The number of anilines is 1. The van der Waals surface area contributed by atoms with E-state index < -0.39 is 0 Å². The molecular weight excluding hydrogens is 244 g/mol. The molecule has 2 aromatic heterocycles. The quantitative estimate of drug-likeness (QED) is 0.920. The summed E-state index contributed by atoms with van der Waals surface area (Å²) in [5.74, 6) is 0. The van der Waals surface area contributed by atoms with Crippen LogP contribution in [0.1, 0.15) is 29.2 Å². The van der Waals surface area contributed by atoms with Crippen LogP contribution in [0.25, 0.3) is 0 Å². The van der Waals surface area contributed by atoms with Crippen LogP contribution in [0, 0.1) is 6.92 Å². The molecule has 2 rings (SSSR count). The number of thiazole rings is 1. The molecule has 2 heterocycles. The lowest BCUT2D eigenvalue weighted by molar-refractivity contribution is 0.779. The minimum atomic E-state index is -0.0203. The molecule has 0 radical (unpaired) electrons. The molecule has 0 fully saturated rings. The van der Waals surface area contributed by atoms with E-state index in [1.807, 2.05) is 31.6 Å². The predicted octanol–water partition coefficient (Wildman–Crippen LogP) is 2.50. The third-order valence-electron chi connectivity index (χ3n) is 2.90. The van der Waals surface area contributed by atoms with Crippen molar-refractivity contribution in [1.82, 2.24) is 9.97 Å². The second-order valence-electron chi connectivity index (χ2n) is 4.45. The van der Waals surface area contributed by atoms with Gasteiger partial charge in [0.1, 0.15) is 0 Å². The molecule has 0 saturated carbocycles. The number of aromatic nitrogens is 2. The van der Waals surface area contributed by atoms with Crippen LogP contribution < -0.4 is 10.6 Å². The summed E-state index contributed by atoms with van der Waals surface area (Å²) < 4.78 is 0. The van der Waals surface area contributed by atoms with Crippen LogP contribution in [0.5, 0.6) is 0 Å². The van der Waals surface area contributed by atoms with Gasteiger partial charge >= 0.3 is 0 Å². The van der Waals surface area contributed by atoms with E-state index in [0.717, 1.165) is 23.6 Å². The Balaban J connectivity index is 2.09. The lowest BCUT2D eigenvalue weighted by atomic mass is 10.2. The summed E-state index contributed by atoms with van der Waals surface area (Å²) in [5.41, 5.74) is 10.8. The Morgan fingerprint density at radius 2 is 2.17 bits per heavy atom. The monoisotopic (exact) mass is 262 g/mol. The number of pyridine rings is 1. The van der Waals surface area contributed by atoms with E-state index in [9.17, 15) is 0 Å². The summed E-state index contributed by atoms with van der Waals surface area (Å²) in [7, 11) is 2.06. The molecule has 0 aliphatic heterocycles. The number of nitrogens with two attached hydrogens (primary N) is 1. The zero-order valence-corrected chi connectivity index (χ0v) is 11.7. The molecule has 0 aliphatic rings. The van der Waals surface area contributed by atoms with Gasteiger partial charge < -0.3 is 10.6 Å². The SMILES string of the molecule is Cc1ncsc1CN(C)c1ccc([C@H](C)N)nc1. The van der Waals surface area contributed by atoms with Gasteiger partial charge in [-0.2, -0.15) is 0 Å². The Bertz CT molecular complexity index is 504. The Hall–Kier alpha value is -1.46. The largest absolute Gasteiger partial charge is 0.368 e. The molecule has 2 N–H and O–H groups in total. The van der Waals surface area contributed by atoms with Crippen molar-refractivity contribution in [2.24, 2.45) is 5.73 Å². The van der Waals surface area contributed by atoms with Crippen LogP contribution in [0.4, 0.5) is 5.69 Å². The standard InChI is InChI=1S/C13H18N4S/c1-9(14)12-5-4-11(6-15-12)17(3)7-13-10(2)16-8-18-13/h4-6,8-9H,7,14H2,1-3H3/t9-/m0/s1. The Morgan fingerprint density at radius 3 is 2.67 bits per heavy atom. The smallest absolute Gasteiger partial charge is 0.0798 e. The van der Waals surface area contributed by atoms with E-state index in [1.54, 1.807) is 11.3 Å². The fourth-order valence-electron chi connectivity index (χ4n) is 1.68. The minimum absolute atomic E-state index is 0.0203. The summed E-state index contributed by atoms with van der Waals surface area (Å²) >= 11 is 1.69. The molecule has 0 unspecified atom stereocenters. The molecule has 0 amide bonds. The van der Waals surface area contributed by atoms with Gasteiger partial charge in [0.2, 0.25) is 0 Å². The summed E-state index contributed by atoms with van der Waals surface area (Å²) in [6.45, 7) is 4.83. The van der Waals surface area contributed by atoms with Crippen molar-refractivity contribution in [3.63, 3.8) is 0 Å². The first kappa shape index (κ1) is 13.0. The topological polar surface area (TPSA) is 55.0 Å². The van der Waals surface area contributed by atoms with Gasteiger partial charge in [0.25, 0.3) is 0 Å². The van der Waals surface area contributed by atoms with Gasteiger partial charge in [-0.25, -0.2) is 4.98 Å². The summed E-state index contributed by atoms with van der Waals surface area (Å²) in [4.78, 5) is 12.1. The van der Waals surface area contributed by atoms with Crippen molar-refractivity contribution in [3.05, 3.63) is 40.1 Å². The fraction of sp³-hybridized carbons (Fsp3) is 0.385. The normalized spacial score (nSPS) is 12.4. The molecule has 1 atom stereocenters. The lowest BCUT2D eigenvalue weighted by Crippen LogP contribution is -2.17. The number of nitrogens with zero attached hydrogens (tertiary/aromatic N) is 3. The molecule has 0 bridgehead atoms. The molecule has 2 aromatic rings. The number of hydrogen-bond acceptors (Lipinski definition) is 5. The highest BCUT2D eigenvalue weighted by Crippen LogP contribution is 2.19. The summed E-state index contributed by atoms with van der Waals surface area (Å²) in [5, 5.41) is 0. The maximum absolute atomic E-state index is 5.79. The van der Waals surface area contributed by atoms with Crippen molar-refractivity contribution < 1.29 is 0 Å². The highest BCUT2D eigenvalue weighted by Gasteiger charge is 2.08. The van der Waals surface area contributed by atoms with Gasteiger partial charge in [0.05, 0.1) is 35.3 Å². The van der Waals surface area contributed by atoms with Crippen LogP contribution in [-0.4, -0.2) is 17.0 Å². The first-order valence-electron chi connectivity index (χ1n) is 5.89. The minimum Gasteiger partial charge on any atom is -0.368 e. The second-order valence-corrected chi connectivity index (χ2v) is 5.39. The first-order chi connectivity index (χ1) is 8.58. The lowest BCUT2D eigenvalue weighted by Gasteiger charge is -2.18.